The molecule has 2 fully saturated rings. The third-order valence-electron chi connectivity index (χ3n) is 4.27. The maximum absolute atomic E-state index is 13.8. The van der Waals surface area contributed by atoms with E-state index in [9.17, 15) is 18.2 Å². The Labute approximate surface area is 136 Å². The van der Waals surface area contributed by atoms with Gasteiger partial charge in [-0.15, -0.1) is 0 Å². The number of amides is 3. The third kappa shape index (κ3) is 3.21. The molecule has 23 heavy (non-hydrogen) atoms. The summed E-state index contributed by atoms with van der Waals surface area (Å²) in [5.41, 5.74) is 0.326. The summed E-state index contributed by atoms with van der Waals surface area (Å²) >= 11 is 0. The first-order valence-electron chi connectivity index (χ1n) is 7.44. The number of fused-ring (bicyclic) bond motifs is 1. The second-order valence-electron chi connectivity index (χ2n) is 5.76. The molecule has 0 saturated carbocycles. The Balaban J connectivity index is 1.64. The quantitative estimate of drug-likeness (QED) is 0.885. The normalized spacial score (nSPS) is 22.0. The SMILES string of the molecule is CS(=O)c1ccc(NC(=O)N2CCN3C(=O)CCC3C2)cc1F. The van der Waals surface area contributed by atoms with E-state index < -0.39 is 16.6 Å². The van der Waals surface area contributed by atoms with Crippen LogP contribution < -0.4 is 5.32 Å². The summed E-state index contributed by atoms with van der Waals surface area (Å²) in [6, 6.07) is 3.89. The molecular formula is C15H18FN3O3S. The van der Waals surface area contributed by atoms with Crippen LogP contribution in [0.4, 0.5) is 14.9 Å². The topological polar surface area (TPSA) is 69.7 Å². The highest BCUT2D eigenvalue weighted by molar-refractivity contribution is 7.84. The van der Waals surface area contributed by atoms with Crippen LogP contribution in [0.15, 0.2) is 23.1 Å². The second kappa shape index (κ2) is 6.27. The number of hydrogen-bond donors (Lipinski definition) is 1. The van der Waals surface area contributed by atoms with Crippen molar-refractivity contribution in [3.8, 4) is 0 Å². The van der Waals surface area contributed by atoms with E-state index >= 15 is 0 Å². The molecule has 0 aromatic heterocycles. The zero-order valence-corrected chi connectivity index (χ0v) is 13.6. The molecule has 2 atom stereocenters. The van der Waals surface area contributed by atoms with Crippen molar-refractivity contribution >= 4 is 28.4 Å². The Morgan fingerprint density at radius 3 is 2.87 bits per heavy atom. The van der Waals surface area contributed by atoms with Crippen LogP contribution >= 0.6 is 0 Å². The lowest BCUT2D eigenvalue weighted by Crippen LogP contribution is -2.54. The Morgan fingerprint density at radius 1 is 1.39 bits per heavy atom. The molecule has 6 nitrogen and oxygen atoms in total. The number of hydrogen-bond acceptors (Lipinski definition) is 3. The van der Waals surface area contributed by atoms with Gasteiger partial charge in [-0.3, -0.25) is 9.00 Å². The van der Waals surface area contributed by atoms with E-state index in [1.165, 1.54) is 24.5 Å². The largest absolute Gasteiger partial charge is 0.336 e. The summed E-state index contributed by atoms with van der Waals surface area (Å²) in [5, 5.41) is 2.65. The lowest BCUT2D eigenvalue weighted by molar-refractivity contribution is -0.130. The minimum absolute atomic E-state index is 0.0867. The number of anilines is 1. The van der Waals surface area contributed by atoms with Crippen molar-refractivity contribution in [2.24, 2.45) is 0 Å². The lowest BCUT2D eigenvalue weighted by atomic mass is 10.1. The second-order valence-corrected chi connectivity index (χ2v) is 7.10. The molecule has 1 N–H and O–H groups in total. The van der Waals surface area contributed by atoms with E-state index in [0.717, 1.165) is 6.42 Å². The van der Waals surface area contributed by atoms with E-state index in [0.29, 0.717) is 31.7 Å². The first-order valence-corrected chi connectivity index (χ1v) is 9.00. The van der Waals surface area contributed by atoms with Crippen LogP contribution in [0.1, 0.15) is 12.8 Å². The fourth-order valence-corrected chi connectivity index (χ4v) is 3.66. The standard InChI is InChI=1S/C15H18FN3O3S/c1-23(22)13-4-2-10(8-12(13)16)17-15(21)18-6-7-19-11(9-18)3-5-14(19)20/h2,4,8,11H,3,5-7,9H2,1H3,(H,17,21). The van der Waals surface area contributed by atoms with Crippen LogP contribution in [0.5, 0.6) is 0 Å². The maximum atomic E-state index is 13.8. The first-order chi connectivity index (χ1) is 11.0. The summed E-state index contributed by atoms with van der Waals surface area (Å²) in [6.45, 7) is 1.50. The zero-order chi connectivity index (χ0) is 16.6. The van der Waals surface area contributed by atoms with Gasteiger partial charge in [0.05, 0.1) is 15.7 Å². The molecule has 2 saturated heterocycles. The number of carbonyl (C=O) groups excluding carboxylic acids is 2. The molecule has 2 heterocycles. The highest BCUT2D eigenvalue weighted by Gasteiger charge is 2.36. The van der Waals surface area contributed by atoms with E-state index in [2.05, 4.69) is 5.32 Å². The molecule has 124 valence electrons. The molecule has 1 aromatic carbocycles. The Kier molecular flexibility index (Phi) is 4.34. The lowest BCUT2D eigenvalue weighted by Gasteiger charge is -2.37. The monoisotopic (exact) mass is 339 g/mol. The average molecular weight is 339 g/mol. The predicted octanol–water partition coefficient (Wildman–Crippen LogP) is 1.40. The van der Waals surface area contributed by atoms with Crippen molar-refractivity contribution in [1.82, 2.24) is 9.80 Å². The summed E-state index contributed by atoms with van der Waals surface area (Å²) < 4.78 is 25.1. The van der Waals surface area contributed by atoms with Crippen molar-refractivity contribution in [2.45, 2.75) is 23.8 Å². The Bertz CT molecular complexity index is 682. The van der Waals surface area contributed by atoms with Crippen LogP contribution in [0.2, 0.25) is 0 Å². The zero-order valence-electron chi connectivity index (χ0n) is 12.8. The first kappa shape index (κ1) is 15.9. The number of halogens is 1. The minimum atomic E-state index is -1.41. The molecule has 2 aliphatic heterocycles. The molecule has 8 heteroatoms. The van der Waals surface area contributed by atoms with Crippen LogP contribution in [-0.2, 0) is 15.6 Å². The number of urea groups is 1. The molecule has 0 spiro atoms. The van der Waals surface area contributed by atoms with Gasteiger partial charge in [-0.2, -0.15) is 0 Å². The average Bonchev–Trinajstić information content (AvgIpc) is 2.88. The smallest absolute Gasteiger partial charge is 0.321 e. The number of piperazine rings is 1. The van der Waals surface area contributed by atoms with E-state index in [-0.39, 0.29) is 22.9 Å². The third-order valence-corrected chi connectivity index (χ3v) is 5.23. The fourth-order valence-electron chi connectivity index (χ4n) is 3.06. The number of nitrogens with one attached hydrogen (secondary N) is 1. The van der Waals surface area contributed by atoms with E-state index in [1.807, 2.05) is 4.90 Å². The van der Waals surface area contributed by atoms with Crippen LogP contribution in [-0.4, -0.2) is 57.9 Å². The van der Waals surface area contributed by atoms with E-state index in [4.69, 9.17) is 0 Å². The Morgan fingerprint density at radius 2 is 2.17 bits per heavy atom. The fraction of sp³-hybridized carbons (Fsp3) is 0.467. The van der Waals surface area contributed by atoms with Gasteiger partial charge in [-0.25, -0.2) is 9.18 Å². The molecule has 2 aliphatic rings. The highest BCUT2D eigenvalue weighted by atomic mass is 32.2. The molecule has 3 rings (SSSR count). The minimum Gasteiger partial charge on any atom is -0.336 e. The van der Waals surface area contributed by atoms with Gasteiger partial charge < -0.3 is 15.1 Å². The van der Waals surface area contributed by atoms with Crippen molar-refractivity contribution < 1.29 is 18.2 Å². The van der Waals surface area contributed by atoms with Gasteiger partial charge in [0.1, 0.15) is 5.82 Å². The molecule has 0 bridgehead atoms. The molecule has 3 amide bonds. The molecule has 2 unspecified atom stereocenters. The molecule has 1 aromatic rings. The number of rotatable bonds is 2. The summed E-state index contributed by atoms with van der Waals surface area (Å²) in [6.07, 6.45) is 2.72. The van der Waals surface area contributed by atoms with Gasteiger partial charge >= 0.3 is 6.03 Å². The van der Waals surface area contributed by atoms with Gasteiger partial charge in [0.15, 0.2) is 0 Å². The van der Waals surface area contributed by atoms with Crippen molar-refractivity contribution in [3.63, 3.8) is 0 Å². The maximum Gasteiger partial charge on any atom is 0.321 e. The number of carbonyl (C=O) groups is 2. The summed E-state index contributed by atoms with van der Waals surface area (Å²) in [4.78, 5) is 27.5. The molecule has 0 radical (unpaired) electrons. The Hall–Kier alpha value is -1.96. The molecule has 0 aliphatic carbocycles. The number of benzene rings is 1. The van der Waals surface area contributed by atoms with Gasteiger partial charge in [-0.1, -0.05) is 0 Å². The summed E-state index contributed by atoms with van der Waals surface area (Å²) in [5.74, 6) is -0.449. The van der Waals surface area contributed by atoms with Gasteiger partial charge in [0.25, 0.3) is 0 Å². The van der Waals surface area contributed by atoms with Crippen molar-refractivity contribution in [2.75, 3.05) is 31.2 Å². The predicted molar refractivity (Wildman–Crippen MR) is 84.1 cm³/mol. The van der Waals surface area contributed by atoms with Crippen molar-refractivity contribution in [1.29, 1.82) is 0 Å². The van der Waals surface area contributed by atoms with Crippen molar-refractivity contribution in [3.05, 3.63) is 24.0 Å². The van der Waals surface area contributed by atoms with Crippen LogP contribution in [0.25, 0.3) is 0 Å². The van der Waals surface area contributed by atoms with Crippen LogP contribution in [0, 0.1) is 5.82 Å². The van der Waals surface area contributed by atoms with Gasteiger partial charge in [0, 0.05) is 44.0 Å². The van der Waals surface area contributed by atoms with Gasteiger partial charge in [-0.05, 0) is 24.6 Å². The van der Waals surface area contributed by atoms with E-state index in [1.54, 1.807) is 4.90 Å². The van der Waals surface area contributed by atoms with Crippen LogP contribution in [0.3, 0.4) is 0 Å². The number of nitrogens with zero attached hydrogens (tertiary/aromatic N) is 2. The summed E-state index contributed by atoms with van der Waals surface area (Å²) in [7, 11) is -1.41. The molecular weight excluding hydrogens is 321 g/mol. The van der Waals surface area contributed by atoms with Gasteiger partial charge in [0.2, 0.25) is 5.91 Å². The highest BCUT2D eigenvalue weighted by Crippen LogP contribution is 2.23.